The Morgan fingerprint density at radius 2 is 1.79 bits per heavy atom. The highest BCUT2D eigenvalue weighted by molar-refractivity contribution is 7.89. The van der Waals surface area contributed by atoms with Crippen LogP contribution < -0.4 is 5.32 Å². The van der Waals surface area contributed by atoms with Gasteiger partial charge in [0.05, 0.1) is 11.4 Å². The van der Waals surface area contributed by atoms with Crippen molar-refractivity contribution in [3.05, 3.63) is 58.7 Å². The van der Waals surface area contributed by atoms with E-state index >= 15 is 0 Å². The molecule has 0 spiro atoms. The van der Waals surface area contributed by atoms with Crippen molar-refractivity contribution in [2.75, 3.05) is 40.3 Å². The summed E-state index contributed by atoms with van der Waals surface area (Å²) in [6.45, 7) is 5.84. The molecule has 0 unspecified atom stereocenters. The number of amidine groups is 1. The molecule has 1 amide bonds. The van der Waals surface area contributed by atoms with E-state index in [9.17, 15) is 18.3 Å². The number of hydrogen-bond acceptors (Lipinski definition) is 6. The number of nitrogens with zero attached hydrogens (tertiary/aromatic N) is 3. The molecule has 2 aromatic carbocycles. The van der Waals surface area contributed by atoms with E-state index in [1.807, 2.05) is 12.1 Å². The van der Waals surface area contributed by atoms with E-state index in [2.05, 4.69) is 22.4 Å². The summed E-state index contributed by atoms with van der Waals surface area (Å²) in [5, 5.41) is 13.1. The molecule has 8 nitrogen and oxygen atoms in total. The number of hydrogen-bond donors (Lipinski definition) is 2. The van der Waals surface area contributed by atoms with Gasteiger partial charge in [0.2, 0.25) is 15.9 Å². The molecule has 1 heterocycles. The molecule has 184 valence electrons. The van der Waals surface area contributed by atoms with Crippen LogP contribution in [0, 0.1) is 13.8 Å². The van der Waals surface area contributed by atoms with E-state index in [-0.39, 0.29) is 29.5 Å². The molecule has 3 rings (SSSR count). The zero-order valence-corrected chi connectivity index (χ0v) is 21.2. The highest BCUT2D eigenvalue weighted by atomic mass is 32.2. The molecule has 1 aliphatic heterocycles. The maximum atomic E-state index is 12.9. The van der Waals surface area contributed by atoms with Crippen molar-refractivity contribution in [2.45, 2.75) is 38.0 Å². The van der Waals surface area contributed by atoms with Gasteiger partial charge in [0.1, 0.15) is 11.6 Å². The van der Waals surface area contributed by atoms with Crippen LogP contribution in [-0.2, 0) is 21.2 Å². The van der Waals surface area contributed by atoms with Crippen LogP contribution in [0.25, 0.3) is 0 Å². The van der Waals surface area contributed by atoms with E-state index in [0.717, 1.165) is 36.5 Å². The second-order valence-corrected chi connectivity index (χ2v) is 10.8. The standard InChI is InChI=1S/C25H34N4O4S/c1-18-17-23(19(2)16-22(18)30)34(32,33)29(4)14-5-6-24(31)28(3)15-11-20-7-9-21(10-8-20)25-26-12-13-27-25/h7-10,16-17,30H,5-6,11-15H2,1-4H3,(H,26,27). The molecule has 2 aromatic rings. The van der Waals surface area contributed by atoms with Crippen molar-refractivity contribution < 1.29 is 18.3 Å². The van der Waals surface area contributed by atoms with Crippen LogP contribution >= 0.6 is 0 Å². The molecular formula is C25H34N4O4S. The van der Waals surface area contributed by atoms with Crippen molar-refractivity contribution in [1.29, 1.82) is 0 Å². The summed E-state index contributed by atoms with van der Waals surface area (Å²) < 4.78 is 27.1. The Morgan fingerprint density at radius 3 is 2.44 bits per heavy atom. The SMILES string of the molecule is Cc1cc(S(=O)(=O)N(C)CCCC(=O)N(C)CCc2ccc(C3=NCCN3)cc2)c(C)cc1O. The molecule has 0 atom stereocenters. The number of benzene rings is 2. The first-order valence-corrected chi connectivity index (χ1v) is 12.9. The smallest absolute Gasteiger partial charge is 0.243 e. The average Bonchev–Trinajstić information content (AvgIpc) is 3.34. The largest absolute Gasteiger partial charge is 0.508 e. The predicted octanol–water partition coefficient (Wildman–Crippen LogP) is 2.46. The van der Waals surface area contributed by atoms with Crippen LogP contribution in [0.3, 0.4) is 0 Å². The number of rotatable bonds is 10. The number of amides is 1. The number of nitrogens with one attached hydrogen (secondary N) is 1. The number of aliphatic imine (C=N–C) groups is 1. The molecule has 0 fully saturated rings. The van der Waals surface area contributed by atoms with Gasteiger partial charge in [-0.2, -0.15) is 0 Å². The molecule has 2 N–H and O–H groups in total. The lowest BCUT2D eigenvalue weighted by molar-refractivity contribution is -0.130. The Hall–Kier alpha value is -2.91. The van der Waals surface area contributed by atoms with Gasteiger partial charge in [0, 0.05) is 45.7 Å². The van der Waals surface area contributed by atoms with Crippen LogP contribution in [0.2, 0.25) is 0 Å². The zero-order valence-electron chi connectivity index (χ0n) is 20.3. The lowest BCUT2D eigenvalue weighted by atomic mass is 10.1. The summed E-state index contributed by atoms with van der Waals surface area (Å²) >= 11 is 0. The monoisotopic (exact) mass is 486 g/mol. The predicted molar refractivity (Wildman–Crippen MR) is 134 cm³/mol. The van der Waals surface area contributed by atoms with E-state index in [0.29, 0.717) is 24.1 Å². The number of carbonyl (C=O) groups excluding carboxylic acids is 1. The third-order valence-corrected chi connectivity index (χ3v) is 8.11. The first-order chi connectivity index (χ1) is 16.1. The minimum Gasteiger partial charge on any atom is -0.508 e. The van der Waals surface area contributed by atoms with Crippen LogP contribution in [0.15, 0.2) is 46.3 Å². The Morgan fingerprint density at radius 1 is 1.09 bits per heavy atom. The van der Waals surface area contributed by atoms with Gasteiger partial charge in [-0.15, -0.1) is 0 Å². The minimum atomic E-state index is -3.70. The lowest BCUT2D eigenvalue weighted by Gasteiger charge is -2.20. The summed E-state index contributed by atoms with van der Waals surface area (Å²) in [5.74, 6) is 0.994. The molecule has 0 bridgehead atoms. The number of sulfonamides is 1. The molecule has 34 heavy (non-hydrogen) atoms. The molecular weight excluding hydrogens is 452 g/mol. The second-order valence-electron chi connectivity index (χ2n) is 8.75. The van der Waals surface area contributed by atoms with Crippen LogP contribution in [0.1, 0.15) is 35.1 Å². The summed E-state index contributed by atoms with van der Waals surface area (Å²) in [5.41, 5.74) is 3.22. The fourth-order valence-corrected chi connectivity index (χ4v) is 5.32. The summed E-state index contributed by atoms with van der Waals surface area (Å²) in [6, 6.07) is 11.2. The van der Waals surface area contributed by atoms with Gasteiger partial charge >= 0.3 is 0 Å². The highest BCUT2D eigenvalue weighted by Crippen LogP contribution is 2.26. The van der Waals surface area contributed by atoms with Crippen molar-refractivity contribution in [3.8, 4) is 5.75 Å². The molecule has 0 saturated heterocycles. The normalized spacial score (nSPS) is 13.6. The van der Waals surface area contributed by atoms with Gasteiger partial charge in [0.25, 0.3) is 0 Å². The molecule has 0 saturated carbocycles. The molecule has 9 heteroatoms. The van der Waals surface area contributed by atoms with Gasteiger partial charge < -0.3 is 15.3 Å². The number of phenols is 1. The average molecular weight is 487 g/mol. The van der Waals surface area contributed by atoms with Crippen LogP contribution in [0.5, 0.6) is 5.75 Å². The van der Waals surface area contributed by atoms with Crippen molar-refractivity contribution in [1.82, 2.24) is 14.5 Å². The summed E-state index contributed by atoms with van der Waals surface area (Å²) in [6.07, 6.45) is 1.45. The second kappa shape index (κ2) is 11.0. The van der Waals surface area contributed by atoms with Gasteiger partial charge in [-0.25, -0.2) is 12.7 Å². The third-order valence-electron chi connectivity index (χ3n) is 6.11. The van der Waals surface area contributed by atoms with E-state index in [1.165, 1.54) is 23.5 Å². The minimum absolute atomic E-state index is 0.0106. The fraction of sp³-hybridized carbons (Fsp3) is 0.440. The Kier molecular flexibility index (Phi) is 8.33. The van der Waals surface area contributed by atoms with Crippen LogP contribution in [-0.4, -0.2) is 74.7 Å². The molecule has 0 radical (unpaired) electrons. The van der Waals surface area contributed by atoms with Crippen molar-refractivity contribution in [2.24, 2.45) is 4.99 Å². The van der Waals surface area contributed by atoms with Gasteiger partial charge in [0.15, 0.2) is 0 Å². The Balaban J connectivity index is 1.46. The zero-order chi connectivity index (χ0) is 24.9. The summed E-state index contributed by atoms with van der Waals surface area (Å²) in [7, 11) is -0.409. The third kappa shape index (κ3) is 6.15. The van der Waals surface area contributed by atoms with E-state index in [1.54, 1.807) is 25.8 Å². The number of phenolic OH excluding ortho intramolecular Hbond substituents is 1. The Bertz CT molecular complexity index is 1160. The quantitative estimate of drug-likeness (QED) is 0.537. The first kappa shape index (κ1) is 25.7. The molecule has 0 aliphatic carbocycles. The Labute approximate surface area is 202 Å². The lowest BCUT2D eigenvalue weighted by Crippen LogP contribution is -2.31. The highest BCUT2D eigenvalue weighted by Gasteiger charge is 2.24. The maximum absolute atomic E-state index is 12.9. The number of likely N-dealkylation sites (N-methyl/N-ethyl adjacent to an activating group) is 1. The van der Waals surface area contributed by atoms with Gasteiger partial charge in [-0.1, -0.05) is 24.3 Å². The van der Waals surface area contributed by atoms with Crippen molar-refractivity contribution >= 4 is 21.8 Å². The fourth-order valence-electron chi connectivity index (χ4n) is 3.83. The summed E-state index contributed by atoms with van der Waals surface area (Å²) in [4.78, 5) is 18.8. The van der Waals surface area contributed by atoms with Gasteiger partial charge in [-0.3, -0.25) is 9.79 Å². The number of aromatic hydroxyl groups is 1. The van der Waals surface area contributed by atoms with Crippen molar-refractivity contribution in [3.63, 3.8) is 0 Å². The number of carbonyl (C=O) groups is 1. The first-order valence-electron chi connectivity index (χ1n) is 11.5. The van der Waals surface area contributed by atoms with E-state index < -0.39 is 10.0 Å². The van der Waals surface area contributed by atoms with Crippen LogP contribution in [0.4, 0.5) is 0 Å². The van der Waals surface area contributed by atoms with Gasteiger partial charge in [-0.05, 0) is 55.5 Å². The number of aryl methyl sites for hydroxylation is 2. The molecule has 0 aromatic heterocycles. The topological polar surface area (TPSA) is 102 Å². The maximum Gasteiger partial charge on any atom is 0.243 e. The molecule has 1 aliphatic rings. The van der Waals surface area contributed by atoms with E-state index in [4.69, 9.17) is 0 Å².